The van der Waals surface area contributed by atoms with Crippen LogP contribution in [0, 0.1) is 0 Å². The standard InChI is InChI=1S/C7H15ClN2.2ClH/c1-9-4-6-10(3-2-8)7-5-9;;/h2-7H2,1H3;2*1H. The SMILES string of the molecule is CN1CCN(CCCl)CC1.Cl.Cl. The molecule has 0 aromatic rings. The molecule has 1 fully saturated rings. The Kier molecular flexibility index (Phi) is 10.7. The zero-order valence-corrected chi connectivity index (χ0v) is 9.72. The molecule has 0 saturated carbocycles. The summed E-state index contributed by atoms with van der Waals surface area (Å²) in [6.45, 7) is 5.80. The van der Waals surface area contributed by atoms with Gasteiger partial charge in [0.15, 0.2) is 0 Å². The Bertz CT molecular complexity index is 94.7. The van der Waals surface area contributed by atoms with E-state index in [-0.39, 0.29) is 24.8 Å². The smallest absolute Gasteiger partial charge is 0.0351 e. The van der Waals surface area contributed by atoms with Crippen molar-refractivity contribution in [2.45, 2.75) is 0 Å². The first-order valence-electron chi connectivity index (χ1n) is 3.80. The molecule has 1 rings (SSSR count). The second-order valence-corrected chi connectivity index (χ2v) is 3.21. The number of alkyl halides is 1. The number of piperazine rings is 1. The maximum absolute atomic E-state index is 5.62. The number of hydrogen-bond acceptors (Lipinski definition) is 2. The lowest BCUT2D eigenvalue weighted by Gasteiger charge is -2.31. The monoisotopic (exact) mass is 234 g/mol. The Labute approximate surface area is 92.1 Å². The minimum absolute atomic E-state index is 0. The Morgan fingerprint density at radius 2 is 1.58 bits per heavy atom. The van der Waals surface area contributed by atoms with E-state index in [1.165, 1.54) is 26.2 Å². The first kappa shape index (κ1) is 15.3. The van der Waals surface area contributed by atoms with E-state index in [1.807, 2.05) is 0 Å². The fourth-order valence-corrected chi connectivity index (χ4v) is 1.43. The van der Waals surface area contributed by atoms with Crippen LogP contribution in [0.15, 0.2) is 0 Å². The highest BCUT2D eigenvalue weighted by Gasteiger charge is 2.11. The molecule has 1 heterocycles. The Morgan fingerprint density at radius 3 is 2.00 bits per heavy atom. The van der Waals surface area contributed by atoms with E-state index in [9.17, 15) is 0 Å². The number of halogens is 3. The van der Waals surface area contributed by atoms with Crippen LogP contribution >= 0.6 is 36.4 Å². The van der Waals surface area contributed by atoms with E-state index in [0.29, 0.717) is 0 Å². The van der Waals surface area contributed by atoms with Crippen LogP contribution in [0.2, 0.25) is 0 Å². The highest BCUT2D eigenvalue weighted by Crippen LogP contribution is 1.98. The van der Waals surface area contributed by atoms with Crippen molar-refractivity contribution in [3.05, 3.63) is 0 Å². The van der Waals surface area contributed by atoms with E-state index < -0.39 is 0 Å². The molecule has 1 aliphatic heterocycles. The molecule has 0 unspecified atom stereocenters. The van der Waals surface area contributed by atoms with Crippen LogP contribution in [0.4, 0.5) is 0 Å². The van der Waals surface area contributed by atoms with Gasteiger partial charge in [0, 0.05) is 38.6 Å². The molecule has 0 spiro atoms. The average Bonchev–Trinajstić information content (AvgIpc) is 1.95. The van der Waals surface area contributed by atoms with Gasteiger partial charge >= 0.3 is 0 Å². The summed E-state index contributed by atoms with van der Waals surface area (Å²) in [6, 6.07) is 0. The third-order valence-electron chi connectivity index (χ3n) is 2.00. The van der Waals surface area contributed by atoms with Crippen molar-refractivity contribution in [2.24, 2.45) is 0 Å². The highest BCUT2D eigenvalue weighted by atomic mass is 35.5. The van der Waals surface area contributed by atoms with Gasteiger partial charge in [0.25, 0.3) is 0 Å². The number of nitrogens with zero attached hydrogens (tertiary/aromatic N) is 2. The third-order valence-corrected chi connectivity index (χ3v) is 2.17. The van der Waals surface area contributed by atoms with E-state index in [0.717, 1.165) is 12.4 Å². The van der Waals surface area contributed by atoms with Crippen molar-refractivity contribution in [2.75, 3.05) is 45.7 Å². The Morgan fingerprint density at radius 1 is 1.08 bits per heavy atom. The first-order valence-corrected chi connectivity index (χ1v) is 4.33. The van der Waals surface area contributed by atoms with Gasteiger partial charge in [-0.2, -0.15) is 0 Å². The molecule has 12 heavy (non-hydrogen) atoms. The molecule has 1 aliphatic rings. The fraction of sp³-hybridized carbons (Fsp3) is 1.00. The van der Waals surface area contributed by atoms with Crippen molar-refractivity contribution >= 4 is 36.4 Å². The van der Waals surface area contributed by atoms with Gasteiger partial charge < -0.3 is 4.90 Å². The largest absolute Gasteiger partial charge is 0.304 e. The number of likely N-dealkylation sites (N-methyl/N-ethyl adjacent to an activating group) is 1. The quantitative estimate of drug-likeness (QED) is 0.666. The summed E-state index contributed by atoms with van der Waals surface area (Å²) in [6.07, 6.45) is 0. The second-order valence-electron chi connectivity index (χ2n) is 2.83. The molecule has 0 N–H and O–H groups in total. The first-order chi connectivity index (χ1) is 4.83. The van der Waals surface area contributed by atoms with Crippen molar-refractivity contribution < 1.29 is 0 Å². The third kappa shape index (κ3) is 5.44. The van der Waals surface area contributed by atoms with E-state index in [1.54, 1.807) is 0 Å². The van der Waals surface area contributed by atoms with E-state index in [2.05, 4.69) is 16.8 Å². The molecule has 76 valence electrons. The summed E-state index contributed by atoms with van der Waals surface area (Å²) in [5.41, 5.74) is 0. The van der Waals surface area contributed by atoms with Crippen LogP contribution in [-0.4, -0.2) is 55.5 Å². The Balaban J connectivity index is 0. The average molecular weight is 236 g/mol. The molecule has 5 heteroatoms. The normalized spacial score (nSPS) is 19.5. The molecule has 0 bridgehead atoms. The van der Waals surface area contributed by atoms with Crippen molar-refractivity contribution in [3.8, 4) is 0 Å². The lowest BCUT2D eigenvalue weighted by atomic mass is 10.3. The maximum atomic E-state index is 5.62. The minimum atomic E-state index is 0. The van der Waals surface area contributed by atoms with Crippen molar-refractivity contribution in [1.29, 1.82) is 0 Å². The molecule has 0 aliphatic carbocycles. The lowest BCUT2D eigenvalue weighted by molar-refractivity contribution is 0.161. The summed E-state index contributed by atoms with van der Waals surface area (Å²) >= 11 is 5.62. The van der Waals surface area contributed by atoms with Gasteiger partial charge in [-0.3, -0.25) is 4.90 Å². The van der Waals surface area contributed by atoms with Gasteiger partial charge in [0.05, 0.1) is 0 Å². The number of rotatable bonds is 2. The van der Waals surface area contributed by atoms with Crippen LogP contribution in [0.1, 0.15) is 0 Å². The van der Waals surface area contributed by atoms with Gasteiger partial charge in [-0.25, -0.2) is 0 Å². The van der Waals surface area contributed by atoms with Crippen LogP contribution in [0.25, 0.3) is 0 Å². The topological polar surface area (TPSA) is 6.48 Å². The maximum Gasteiger partial charge on any atom is 0.0351 e. The summed E-state index contributed by atoms with van der Waals surface area (Å²) in [4.78, 5) is 4.76. The molecule has 0 aromatic heterocycles. The molecule has 1 saturated heterocycles. The molecule has 0 aromatic carbocycles. The minimum Gasteiger partial charge on any atom is -0.304 e. The van der Waals surface area contributed by atoms with Gasteiger partial charge in [-0.1, -0.05) is 0 Å². The van der Waals surface area contributed by atoms with Gasteiger partial charge in [-0.05, 0) is 7.05 Å². The van der Waals surface area contributed by atoms with Gasteiger partial charge in [0.1, 0.15) is 0 Å². The predicted octanol–water partition coefficient (Wildman–Crippen LogP) is 1.32. The highest BCUT2D eigenvalue weighted by molar-refractivity contribution is 6.18. The van der Waals surface area contributed by atoms with Gasteiger partial charge in [0.2, 0.25) is 0 Å². The Hall–Kier alpha value is 0.790. The molecule has 0 amide bonds. The van der Waals surface area contributed by atoms with Crippen LogP contribution in [0.5, 0.6) is 0 Å². The van der Waals surface area contributed by atoms with Gasteiger partial charge in [-0.15, -0.1) is 36.4 Å². The van der Waals surface area contributed by atoms with E-state index in [4.69, 9.17) is 11.6 Å². The zero-order chi connectivity index (χ0) is 7.40. The van der Waals surface area contributed by atoms with Crippen LogP contribution < -0.4 is 0 Å². The molecule has 0 radical (unpaired) electrons. The fourth-order valence-electron chi connectivity index (χ4n) is 1.19. The van der Waals surface area contributed by atoms with Crippen LogP contribution in [0.3, 0.4) is 0 Å². The summed E-state index contributed by atoms with van der Waals surface area (Å²) in [5.74, 6) is 0.768. The summed E-state index contributed by atoms with van der Waals surface area (Å²) in [5, 5.41) is 0. The second kappa shape index (κ2) is 8.39. The number of hydrogen-bond donors (Lipinski definition) is 0. The molecular weight excluding hydrogens is 218 g/mol. The lowest BCUT2D eigenvalue weighted by Crippen LogP contribution is -2.44. The predicted molar refractivity (Wildman–Crippen MR) is 59.2 cm³/mol. The summed E-state index contributed by atoms with van der Waals surface area (Å²) in [7, 11) is 2.16. The molecular formula is C7H17Cl3N2. The van der Waals surface area contributed by atoms with Crippen LogP contribution in [-0.2, 0) is 0 Å². The van der Waals surface area contributed by atoms with Crippen molar-refractivity contribution in [1.82, 2.24) is 9.80 Å². The zero-order valence-electron chi connectivity index (χ0n) is 7.33. The molecule has 0 atom stereocenters. The van der Waals surface area contributed by atoms with E-state index >= 15 is 0 Å². The summed E-state index contributed by atoms with van der Waals surface area (Å²) < 4.78 is 0. The van der Waals surface area contributed by atoms with Crippen molar-refractivity contribution in [3.63, 3.8) is 0 Å². The molecule has 2 nitrogen and oxygen atoms in total.